The Morgan fingerprint density at radius 2 is 1.25 bits per heavy atom. The third kappa shape index (κ3) is 10.0. The van der Waals surface area contributed by atoms with E-state index in [-0.39, 0.29) is 47.3 Å². The third-order valence-corrected chi connectivity index (χ3v) is 14.5. The number of likely N-dealkylation sites (tertiary alicyclic amines) is 2. The summed E-state index contributed by atoms with van der Waals surface area (Å²) >= 11 is 1.99. The number of hydrogen-bond donors (Lipinski definition) is 3. The van der Waals surface area contributed by atoms with Crippen LogP contribution >= 0.6 is 11.8 Å². The van der Waals surface area contributed by atoms with Crippen molar-refractivity contribution in [1.29, 1.82) is 0 Å². The van der Waals surface area contributed by atoms with Crippen LogP contribution in [0.1, 0.15) is 133 Å². The lowest BCUT2D eigenvalue weighted by molar-refractivity contribution is -0.135. The first-order valence-electron chi connectivity index (χ1n) is 23.4. The van der Waals surface area contributed by atoms with Gasteiger partial charge in [0.25, 0.3) is 0 Å². The molecule has 3 fully saturated rings. The van der Waals surface area contributed by atoms with E-state index in [1.807, 2.05) is 47.8 Å². The minimum Gasteiger partial charge on any atom is -0.453 e. The number of thioether (sulfide) groups is 1. The number of methoxy groups -OCH3 is 1. The number of carbonyl (C=O) groups excluding carboxylic acids is 3. The highest BCUT2D eigenvalue weighted by molar-refractivity contribution is 7.99. The molecular formula is C52H66N8O4S. The van der Waals surface area contributed by atoms with E-state index in [4.69, 9.17) is 14.7 Å². The first-order chi connectivity index (χ1) is 31.2. The Morgan fingerprint density at radius 1 is 0.738 bits per heavy atom. The summed E-state index contributed by atoms with van der Waals surface area (Å²) < 4.78 is 4.81. The highest BCUT2D eigenvalue weighted by atomic mass is 32.2. The van der Waals surface area contributed by atoms with Gasteiger partial charge in [-0.25, -0.2) is 14.8 Å². The van der Waals surface area contributed by atoms with Crippen LogP contribution in [0.15, 0.2) is 85.2 Å². The summed E-state index contributed by atoms with van der Waals surface area (Å²) in [5, 5.41) is 2.74. The van der Waals surface area contributed by atoms with Crippen LogP contribution in [-0.2, 0) is 19.7 Å². The molecule has 3 aliphatic heterocycles. The van der Waals surface area contributed by atoms with E-state index in [0.717, 1.165) is 77.9 Å². The van der Waals surface area contributed by atoms with E-state index in [2.05, 4.69) is 128 Å². The number of H-pyrrole nitrogens is 2. The predicted octanol–water partition coefficient (Wildman–Crippen LogP) is 10.6. The number of carbonyl (C=O) groups is 3. The second-order valence-corrected chi connectivity index (χ2v) is 20.8. The number of nitrogens with one attached hydrogen (secondary N) is 3. The topological polar surface area (TPSA) is 140 Å². The number of aromatic nitrogens is 4. The van der Waals surface area contributed by atoms with Crippen molar-refractivity contribution in [3.8, 4) is 22.5 Å². The fraction of sp³-hybridized carbons (Fsp3) is 0.481. The Bertz CT molecular complexity index is 2420. The molecular weight excluding hydrogens is 833 g/mol. The van der Waals surface area contributed by atoms with Gasteiger partial charge in [-0.15, -0.1) is 0 Å². The second kappa shape index (κ2) is 19.5. The zero-order chi connectivity index (χ0) is 46.0. The molecule has 3 N–H and O–H groups in total. The fourth-order valence-electron chi connectivity index (χ4n) is 9.76. The van der Waals surface area contributed by atoms with Gasteiger partial charge in [-0.05, 0) is 82.9 Å². The molecule has 0 aliphatic carbocycles. The van der Waals surface area contributed by atoms with Crippen LogP contribution in [0, 0.1) is 11.8 Å². The number of imidazole rings is 2. The van der Waals surface area contributed by atoms with Crippen LogP contribution in [-0.4, -0.2) is 85.4 Å². The van der Waals surface area contributed by atoms with E-state index >= 15 is 0 Å². The molecule has 5 aromatic rings. The van der Waals surface area contributed by atoms with Crippen molar-refractivity contribution in [3.05, 3.63) is 114 Å². The summed E-state index contributed by atoms with van der Waals surface area (Å²) in [6, 6.07) is 26.3. The van der Waals surface area contributed by atoms with Gasteiger partial charge in [0.05, 0.1) is 55.1 Å². The fourth-order valence-corrected chi connectivity index (χ4v) is 11.0. The van der Waals surface area contributed by atoms with Gasteiger partial charge in [-0.2, -0.15) is 11.8 Å². The molecule has 13 heteroatoms. The summed E-state index contributed by atoms with van der Waals surface area (Å²) in [5.41, 5.74) is 9.01. The molecule has 344 valence electrons. The van der Waals surface area contributed by atoms with Gasteiger partial charge in [0, 0.05) is 36.7 Å². The molecule has 12 nitrogen and oxygen atoms in total. The maximum absolute atomic E-state index is 13.7. The Morgan fingerprint density at radius 3 is 1.72 bits per heavy atom. The van der Waals surface area contributed by atoms with Gasteiger partial charge in [0.2, 0.25) is 11.8 Å². The lowest BCUT2D eigenvalue weighted by atomic mass is 9.87. The average Bonchev–Trinajstić information content (AvgIpc) is 4.15. The Labute approximate surface area is 388 Å². The highest BCUT2D eigenvalue weighted by Crippen LogP contribution is 2.45. The molecule has 0 radical (unpaired) electrons. The predicted molar refractivity (Wildman–Crippen MR) is 259 cm³/mol. The molecule has 2 aromatic heterocycles. The molecule has 5 atom stereocenters. The van der Waals surface area contributed by atoms with Gasteiger partial charge in [0.1, 0.15) is 17.7 Å². The lowest BCUT2D eigenvalue weighted by Crippen LogP contribution is -2.51. The largest absolute Gasteiger partial charge is 0.453 e. The number of aromatic amines is 2. The van der Waals surface area contributed by atoms with Gasteiger partial charge in [-0.1, -0.05) is 109 Å². The summed E-state index contributed by atoms with van der Waals surface area (Å²) in [6.07, 6.45) is 7.30. The van der Waals surface area contributed by atoms with Crippen molar-refractivity contribution in [1.82, 2.24) is 35.1 Å². The number of anilines is 1. The molecule has 0 spiro atoms. The third-order valence-electron chi connectivity index (χ3n) is 13.4. The molecule has 8 rings (SSSR count). The van der Waals surface area contributed by atoms with Crippen LogP contribution in [0.3, 0.4) is 0 Å². The zero-order valence-electron chi connectivity index (χ0n) is 39.3. The standard InChI is InChI=1S/C52H66N8O4S/c1-32(2)27-46(61)58-25-9-11-42(58)48-53-28-40(55-48)34-13-17-36(18-14-34)44-30-65-31-45(60(44)39-23-21-38(22-24-39)52(5,6)7)37-19-15-35(16-20-37)41-29-54-49(56-41)43-12-10-26-59(43)50(62)47(33(3)4)57-51(63)64-8/h13-24,28-29,32-33,42-45,47H,9-12,25-27,30-31H2,1-8H3,(H,53,55)(H,54,56)(H,57,63)/t42-,43-,44+,45-,47-/m0/s1. The number of ether oxygens (including phenoxy) is 1. The van der Waals surface area contributed by atoms with Crippen molar-refractivity contribution < 1.29 is 19.1 Å². The maximum atomic E-state index is 13.7. The van der Waals surface area contributed by atoms with E-state index < -0.39 is 12.1 Å². The van der Waals surface area contributed by atoms with Gasteiger partial charge >= 0.3 is 6.09 Å². The van der Waals surface area contributed by atoms with Crippen LogP contribution in [0.4, 0.5) is 10.5 Å². The molecule has 0 bridgehead atoms. The van der Waals surface area contributed by atoms with Gasteiger partial charge < -0.3 is 34.7 Å². The summed E-state index contributed by atoms with van der Waals surface area (Å²) in [5.74, 6) is 3.84. The van der Waals surface area contributed by atoms with Crippen LogP contribution in [0.2, 0.25) is 0 Å². The second-order valence-electron chi connectivity index (χ2n) is 19.8. The van der Waals surface area contributed by atoms with Gasteiger partial charge in [-0.3, -0.25) is 9.59 Å². The normalized spacial score (nSPS) is 20.7. The summed E-state index contributed by atoms with van der Waals surface area (Å²) in [4.78, 5) is 62.1. The molecule has 65 heavy (non-hydrogen) atoms. The van der Waals surface area contributed by atoms with Crippen molar-refractivity contribution in [2.45, 2.75) is 116 Å². The molecule has 5 heterocycles. The van der Waals surface area contributed by atoms with Gasteiger partial charge in [0.15, 0.2) is 0 Å². The van der Waals surface area contributed by atoms with Crippen LogP contribution < -0.4 is 10.2 Å². The highest BCUT2D eigenvalue weighted by Gasteiger charge is 2.38. The quantitative estimate of drug-likeness (QED) is 0.112. The Kier molecular flexibility index (Phi) is 13.8. The van der Waals surface area contributed by atoms with E-state index in [9.17, 15) is 14.4 Å². The average molecular weight is 899 g/mol. The number of amides is 3. The minimum atomic E-state index is -0.685. The number of alkyl carbamates (subject to hydrolysis) is 1. The first-order valence-corrected chi connectivity index (χ1v) is 24.6. The van der Waals surface area contributed by atoms with Crippen molar-refractivity contribution >= 4 is 35.4 Å². The molecule has 3 aliphatic rings. The zero-order valence-corrected chi connectivity index (χ0v) is 40.1. The minimum absolute atomic E-state index is 0.00303. The summed E-state index contributed by atoms with van der Waals surface area (Å²) in [6.45, 7) is 16.2. The molecule has 0 saturated carbocycles. The van der Waals surface area contributed by atoms with E-state index in [1.54, 1.807) is 0 Å². The van der Waals surface area contributed by atoms with E-state index in [1.165, 1.54) is 29.5 Å². The number of rotatable bonds is 12. The van der Waals surface area contributed by atoms with Crippen molar-refractivity contribution in [2.24, 2.45) is 11.8 Å². The van der Waals surface area contributed by atoms with Crippen molar-refractivity contribution in [2.75, 3.05) is 36.6 Å². The van der Waals surface area contributed by atoms with Crippen molar-refractivity contribution in [3.63, 3.8) is 0 Å². The van der Waals surface area contributed by atoms with Crippen LogP contribution in [0.25, 0.3) is 22.5 Å². The maximum Gasteiger partial charge on any atom is 0.407 e. The molecule has 3 saturated heterocycles. The monoisotopic (exact) mass is 898 g/mol. The van der Waals surface area contributed by atoms with E-state index in [0.29, 0.717) is 18.9 Å². The Balaban J connectivity index is 1.02. The number of benzene rings is 3. The molecule has 3 amide bonds. The molecule has 3 aromatic carbocycles. The summed E-state index contributed by atoms with van der Waals surface area (Å²) in [7, 11) is 1.31. The lowest BCUT2D eigenvalue weighted by Gasteiger charge is -2.44. The Hall–Kier alpha value is -5.56. The van der Waals surface area contributed by atoms with Crippen LogP contribution in [0.5, 0.6) is 0 Å². The molecule has 0 unspecified atom stereocenters. The smallest absolute Gasteiger partial charge is 0.407 e. The number of nitrogens with zero attached hydrogens (tertiary/aromatic N) is 5. The SMILES string of the molecule is COC(=O)N[C@H](C(=O)N1CCC[C@H]1c1ncc(-c2ccc([C@@H]3CSC[C@H](c4ccc(-c5cnc([C@@H]6CCCN6C(=O)CC(C)C)[nH]5)cc4)N3c3ccc(C(C)(C)C)cc3)cc2)[nH]1)C(C)C. The first kappa shape index (κ1) is 46.0. The number of hydrogen-bond acceptors (Lipinski definition) is 8.